The Kier molecular flexibility index (Phi) is 8.28. The molecule has 8 nitrogen and oxygen atoms in total. The number of benzene rings is 2. The maximum absolute atomic E-state index is 13.1. The van der Waals surface area contributed by atoms with Gasteiger partial charge in [-0.2, -0.15) is 0 Å². The number of amides is 2. The highest BCUT2D eigenvalue weighted by molar-refractivity contribution is 5.96. The van der Waals surface area contributed by atoms with E-state index < -0.39 is 0 Å². The molecule has 1 saturated heterocycles. The third kappa shape index (κ3) is 6.02. The van der Waals surface area contributed by atoms with Crippen molar-refractivity contribution in [3.8, 4) is 17.2 Å². The van der Waals surface area contributed by atoms with Gasteiger partial charge in [0.15, 0.2) is 11.5 Å². The summed E-state index contributed by atoms with van der Waals surface area (Å²) in [5, 5.41) is 3.01. The van der Waals surface area contributed by atoms with Crippen LogP contribution in [0.3, 0.4) is 0 Å². The van der Waals surface area contributed by atoms with E-state index in [0.717, 1.165) is 35.5 Å². The number of aromatic nitrogens is 1. The van der Waals surface area contributed by atoms with Gasteiger partial charge in [0, 0.05) is 36.8 Å². The first-order valence-electron chi connectivity index (χ1n) is 12.3. The van der Waals surface area contributed by atoms with E-state index in [-0.39, 0.29) is 17.7 Å². The van der Waals surface area contributed by atoms with Gasteiger partial charge in [0.25, 0.3) is 11.8 Å². The molecule has 1 fully saturated rings. The Morgan fingerprint density at radius 2 is 1.70 bits per heavy atom. The van der Waals surface area contributed by atoms with E-state index in [9.17, 15) is 9.59 Å². The minimum Gasteiger partial charge on any atom is -0.497 e. The fraction of sp³-hybridized carbons (Fsp3) is 0.345. The Hall–Kier alpha value is -4.07. The van der Waals surface area contributed by atoms with Crippen LogP contribution in [0, 0.1) is 6.92 Å². The van der Waals surface area contributed by atoms with Crippen LogP contribution in [0.5, 0.6) is 17.2 Å². The van der Waals surface area contributed by atoms with Crippen LogP contribution in [0.15, 0.2) is 54.6 Å². The number of hydrogen-bond donors (Lipinski definition) is 1. The summed E-state index contributed by atoms with van der Waals surface area (Å²) in [5.74, 6) is 1.74. The van der Waals surface area contributed by atoms with Crippen molar-refractivity contribution in [2.45, 2.75) is 32.2 Å². The van der Waals surface area contributed by atoms with Crippen LogP contribution in [0.4, 0.5) is 0 Å². The summed E-state index contributed by atoms with van der Waals surface area (Å²) >= 11 is 0. The number of hydrogen-bond acceptors (Lipinski definition) is 6. The van der Waals surface area contributed by atoms with Gasteiger partial charge < -0.3 is 24.4 Å². The van der Waals surface area contributed by atoms with Gasteiger partial charge in [0.1, 0.15) is 5.75 Å². The number of pyridine rings is 1. The summed E-state index contributed by atoms with van der Waals surface area (Å²) in [6.07, 6.45) is 1.46. The third-order valence-electron chi connectivity index (χ3n) is 6.70. The molecule has 37 heavy (non-hydrogen) atoms. The summed E-state index contributed by atoms with van der Waals surface area (Å²) in [6.45, 7) is 3.48. The summed E-state index contributed by atoms with van der Waals surface area (Å²) in [5.41, 5.74) is 3.75. The van der Waals surface area contributed by atoms with Crippen molar-refractivity contribution in [1.29, 1.82) is 0 Å². The number of rotatable bonds is 8. The zero-order valence-corrected chi connectivity index (χ0v) is 21.7. The molecule has 194 valence electrons. The van der Waals surface area contributed by atoms with Crippen molar-refractivity contribution in [3.63, 3.8) is 0 Å². The molecule has 8 heteroatoms. The topological polar surface area (TPSA) is 90.0 Å². The second-order valence-electron chi connectivity index (χ2n) is 9.06. The quantitative estimate of drug-likeness (QED) is 0.491. The van der Waals surface area contributed by atoms with Gasteiger partial charge in [-0.05, 0) is 67.8 Å². The third-order valence-corrected chi connectivity index (χ3v) is 6.70. The van der Waals surface area contributed by atoms with Crippen LogP contribution in [0.25, 0.3) is 0 Å². The number of carbonyl (C=O) groups excluding carboxylic acids is 2. The maximum atomic E-state index is 13.1. The summed E-state index contributed by atoms with van der Waals surface area (Å²) < 4.78 is 15.9. The molecule has 0 unspecified atom stereocenters. The number of ether oxygens (including phenoxy) is 3. The number of likely N-dealkylation sites (tertiary alicyclic amines) is 1. The Morgan fingerprint density at radius 3 is 2.41 bits per heavy atom. The highest BCUT2D eigenvalue weighted by atomic mass is 16.5. The molecular weight excluding hydrogens is 470 g/mol. The largest absolute Gasteiger partial charge is 0.497 e. The predicted molar refractivity (Wildman–Crippen MR) is 141 cm³/mol. The average molecular weight is 504 g/mol. The predicted octanol–water partition coefficient (Wildman–Crippen LogP) is 4.37. The van der Waals surface area contributed by atoms with Gasteiger partial charge in [-0.15, -0.1) is 0 Å². The molecule has 0 saturated carbocycles. The molecule has 0 atom stereocenters. The lowest BCUT2D eigenvalue weighted by Crippen LogP contribution is -2.38. The van der Waals surface area contributed by atoms with Gasteiger partial charge in [-0.25, -0.2) is 0 Å². The molecular formula is C29H33N3O5. The number of carbonyl (C=O) groups is 2. The van der Waals surface area contributed by atoms with E-state index >= 15 is 0 Å². The van der Waals surface area contributed by atoms with Gasteiger partial charge in [0.05, 0.1) is 32.6 Å². The molecule has 4 rings (SSSR count). The minimum absolute atomic E-state index is 0.0483. The van der Waals surface area contributed by atoms with Crippen molar-refractivity contribution in [3.05, 3.63) is 82.7 Å². The molecule has 0 aliphatic carbocycles. The summed E-state index contributed by atoms with van der Waals surface area (Å²) in [4.78, 5) is 32.9. The van der Waals surface area contributed by atoms with E-state index in [1.54, 1.807) is 39.5 Å². The first-order valence-corrected chi connectivity index (χ1v) is 12.3. The Labute approximate surface area is 217 Å². The molecule has 1 aliphatic heterocycles. The Morgan fingerprint density at radius 1 is 0.946 bits per heavy atom. The highest BCUT2D eigenvalue weighted by Crippen LogP contribution is 2.32. The number of nitrogens with zero attached hydrogens (tertiary/aromatic N) is 2. The Bertz CT molecular complexity index is 1270. The fourth-order valence-corrected chi connectivity index (χ4v) is 4.65. The molecule has 0 bridgehead atoms. The van der Waals surface area contributed by atoms with E-state index in [0.29, 0.717) is 42.3 Å². The molecule has 2 heterocycles. The molecule has 2 amide bonds. The second kappa shape index (κ2) is 11.8. The Balaban J connectivity index is 1.43. The van der Waals surface area contributed by atoms with Gasteiger partial charge in [-0.3, -0.25) is 14.6 Å². The van der Waals surface area contributed by atoms with Crippen LogP contribution in [0.2, 0.25) is 0 Å². The van der Waals surface area contributed by atoms with Crippen molar-refractivity contribution in [1.82, 2.24) is 15.2 Å². The minimum atomic E-state index is -0.158. The van der Waals surface area contributed by atoms with E-state index in [2.05, 4.69) is 5.32 Å². The van der Waals surface area contributed by atoms with Gasteiger partial charge in [0.2, 0.25) is 0 Å². The van der Waals surface area contributed by atoms with E-state index in [1.165, 1.54) is 0 Å². The number of piperidine rings is 1. The van der Waals surface area contributed by atoms with Crippen LogP contribution < -0.4 is 19.5 Å². The lowest BCUT2D eigenvalue weighted by atomic mass is 9.89. The number of nitrogens with one attached hydrogen (secondary N) is 1. The number of methoxy groups -OCH3 is 3. The van der Waals surface area contributed by atoms with Crippen LogP contribution in [-0.2, 0) is 6.54 Å². The van der Waals surface area contributed by atoms with Crippen molar-refractivity contribution in [2.75, 3.05) is 34.4 Å². The molecule has 1 aromatic heterocycles. The summed E-state index contributed by atoms with van der Waals surface area (Å²) in [7, 11) is 4.74. The van der Waals surface area contributed by atoms with Crippen molar-refractivity contribution >= 4 is 11.8 Å². The lowest BCUT2D eigenvalue weighted by Gasteiger charge is -2.32. The van der Waals surface area contributed by atoms with Crippen molar-refractivity contribution < 1.29 is 23.8 Å². The monoisotopic (exact) mass is 503 g/mol. The summed E-state index contributed by atoms with van der Waals surface area (Å²) in [6, 6.07) is 16.5. The van der Waals surface area contributed by atoms with Gasteiger partial charge >= 0.3 is 0 Å². The average Bonchev–Trinajstić information content (AvgIpc) is 2.95. The van der Waals surface area contributed by atoms with Crippen LogP contribution >= 0.6 is 0 Å². The first kappa shape index (κ1) is 26.0. The first-order chi connectivity index (χ1) is 17.9. The fourth-order valence-electron chi connectivity index (χ4n) is 4.65. The zero-order chi connectivity index (χ0) is 26.4. The lowest BCUT2D eigenvalue weighted by molar-refractivity contribution is 0.0710. The van der Waals surface area contributed by atoms with E-state index in [1.807, 2.05) is 48.2 Å². The molecule has 2 aromatic carbocycles. The second-order valence-corrected chi connectivity index (χ2v) is 9.06. The molecule has 1 N–H and O–H groups in total. The normalized spacial score (nSPS) is 13.7. The standard InChI is InChI=1S/C29H33N3O5/c1-19-8-10-24(28(33)30-18-20-6-5-7-23(16-20)35-2)27(31-19)21-12-14-32(15-13-21)29(34)22-9-11-25(36-3)26(17-22)37-4/h5-11,16-17,21H,12-15,18H2,1-4H3,(H,30,33). The van der Waals surface area contributed by atoms with Crippen molar-refractivity contribution in [2.24, 2.45) is 0 Å². The number of aryl methyl sites for hydroxylation is 1. The van der Waals surface area contributed by atoms with Crippen LogP contribution in [0.1, 0.15) is 56.4 Å². The molecule has 0 radical (unpaired) electrons. The smallest absolute Gasteiger partial charge is 0.253 e. The zero-order valence-electron chi connectivity index (χ0n) is 21.7. The molecule has 1 aliphatic rings. The SMILES string of the molecule is COc1cccc(CNC(=O)c2ccc(C)nc2C2CCN(C(=O)c3ccc(OC)c(OC)c3)CC2)c1. The van der Waals surface area contributed by atoms with E-state index in [4.69, 9.17) is 19.2 Å². The van der Waals surface area contributed by atoms with Crippen LogP contribution in [-0.4, -0.2) is 56.1 Å². The highest BCUT2D eigenvalue weighted by Gasteiger charge is 2.28. The maximum Gasteiger partial charge on any atom is 0.253 e. The molecule has 0 spiro atoms. The molecule has 3 aromatic rings. The van der Waals surface area contributed by atoms with Gasteiger partial charge in [-0.1, -0.05) is 12.1 Å².